The molecular formula is C10H21NO2. The Balaban J connectivity index is 3.94. The first-order chi connectivity index (χ1) is 6.15. The molecule has 78 valence electrons. The lowest BCUT2D eigenvalue weighted by Crippen LogP contribution is -2.34. The molecule has 0 aromatic rings. The summed E-state index contributed by atoms with van der Waals surface area (Å²) in [5.41, 5.74) is 0. The number of ether oxygens (including phenoxy) is 1. The number of nitrogens with zero attached hydrogens (tertiary/aromatic N) is 1. The van der Waals surface area contributed by atoms with Gasteiger partial charge in [0.15, 0.2) is 0 Å². The standard InChI is InChI=1S/C10H21NO2/c1-5-9(4)8-11(6-2)10(12)13-7-3/h9H,5-8H2,1-4H3. The molecule has 0 aromatic heterocycles. The van der Waals surface area contributed by atoms with Gasteiger partial charge in [0.1, 0.15) is 0 Å². The van der Waals surface area contributed by atoms with Crippen LogP contribution in [0, 0.1) is 5.92 Å². The van der Waals surface area contributed by atoms with E-state index in [1.807, 2.05) is 13.8 Å². The fourth-order valence-electron chi connectivity index (χ4n) is 1.05. The van der Waals surface area contributed by atoms with E-state index in [1.165, 1.54) is 0 Å². The van der Waals surface area contributed by atoms with Gasteiger partial charge in [0.2, 0.25) is 0 Å². The molecule has 0 radical (unpaired) electrons. The minimum atomic E-state index is -0.190. The van der Waals surface area contributed by atoms with E-state index in [2.05, 4.69) is 13.8 Å². The monoisotopic (exact) mass is 187 g/mol. The molecule has 1 amide bonds. The third kappa shape index (κ3) is 4.76. The largest absolute Gasteiger partial charge is 0.450 e. The van der Waals surface area contributed by atoms with Crippen LogP contribution in [0.1, 0.15) is 34.1 Å². The summed E-state index contributed by atoms with van der Waals surface area (Å²) < 4.78 is 4.93. The van der Waals surface area contributed by atoms with Gasteiger partial charge in [-0.2, -0.15) is 0 Å². The number of hydrogen-bond donors (Lipinski definition) is 0. The lowest BCUT2D eigenvalue weighted by atomic mass is 10.1. The van der Waals surface area contributed by atoms with Crippen molar-refractivity contribution in [2.24, 2.45) is 5.92 Å². The molecule has 0 N–H and O–H groups in total. The highest BCUT2D eigenvalue weighted by molar-refractivity contribution is 5.67. The van der Waals surface area contributed by atoms with E-state index in [0.29, 0.717) is 12.5 Å². The number of amides is 1. The molecule has 1 atom stereocenters. The van der Waals surface area contributed by atoms with Gasteiger partial charge in [-0.1, -0.05) is 20.3 Å². The van der Waals surface area contributed by atoms with Gasteiger partial charge in [-0.15, -0.1) is 0 Å². The van der Waals surface area contributed by atoms with Crippen LogP contribution in [0.4, 0.5) is 4.79 Å². The quantitative estimate of drug-likeness (QED) is 0.662. The highest BCUT2D eigenvalue weighted by Gasteiger charge is 2.14. The normalized spacial score (nSPS) is 12.3. The molecule has 0 fully saturated rings. The highest BCUT2D eigenvalue weighted by Crippen LogP contribution is 2.05. The van der Waals surface area contributed by atoms with Gasteiger partial charge in [-0.05, 0) is 19.8 Å². The second kappa shape index (κ2) is 6.75. The third-order valence-electron chi connectivity index (χ3n) is 2.14. The summed E-state index contributed by atoms with van der Waals surface area (Å²) in [6.07, 6.45) is 0.904. The first-order valence-electron chi connectivity index (χ1n) is 5.07. The van der Waals surface area contributed by atoms with Crippen LogP contribution in [0.2, 0.25) is 0 Å². The second-order valence-corrected chi connectivity index (χ2v) is 3.25. The van der Waals surface area contributed by atoms with Crippen LogP contribution in [-0.2, 0) is 4.74 Å². The summed E-state index contributed by atoms with van der Waals surface area (Å²) in [5, 5.41) is 0. The molecule has 3 nitrogen and oxygen atoms in total. The first-order valence-corrected chi connectivity index (χ1v) is 5.07. The summed E-state index contributed by atoms with van der Waals surface area (Å²) in [6, 6.07) is 0. The van der Waals surface area contributed by atoms with E-state index < -0.39 is 0 Å². The Hall–Kier alpha value is -0.730. The third-order valence-corrected chi connectivity index (χ3v) is 2.14. The molecule has 0 aliphatic heterocycles. The summed E-state index contributed by atoms with van der Waals surface area (Å²) in [7, 11) is 0. The van der Waals surface area contributed by atoms with Crippen molar-refractivity contribution in [2.75, 3.05) is 19.7 Å². The number of carbonyl (C=O) groups excluding carboxylic acids is 1. The molecule has 0 rings (SSSR count). The van der Waals surface area contributed by atoms with Crippen LogP contribution < -0.4 is 0 Å². The molecule has 0 heterocycles. The van der Waals surface area contributed by atoms with E-state index in [-0.39, 0.29) is 6.09 Å². The molecule has 1 unspecified atom stereocenters. The lowest BCUT2D eigenvalue weighted by Gasteiger charge is -2.22. The maximum Gasteiger partial charge on any atom is 0.409 e. The Morgan fingerprint density at radius 1 is 1.38 bits per heavy atom. The Labute approximate surface area is 81.1 Å². The Morgan fingerprint density at radius 2 is 2.00 bits per heavy atom. The fourth-order valence-corrected chi connectivity index (χ4v) is 1.05. The average molecular weight is 187 g/mol. The Bertz CT molecular complexity index is 148. The van der Waals surface area contributed by atoms with Crippen molar-refractivity contribution in [3.63, 3.8) is 0 Å². The molecule has 0 aliphatic carbocycles. The topological polar surface area (TPSA) is 29.5 Å². The zero-order valence-electron chi connectivity index (χ0n) is 9.17. The maximum atomic E-state index is 11.3. The van der Waals surface area contributed by atoms with Crippen LogP contribution in [0.25, 0.3) is 0 Å². The Morgan fingerprint density at radius 3 is 2.38 bits per heavy atom. The number of carbonyl (C=O) groups is 1. The minimum absolute atomic E-state index is 0.190. The average Bonchev–Trinajstić information content (AvgIpc) is 2.14. The number of rotatable bonds is 5. The summed E-state index contributed by atoms with van der Waals surface area (Å²) >= 11 is 0. The van der Waals surface area contributed by atoms with Crippen LogP contribution in [0.5, 0.6) is 0 Å². The molecule has 0 bridgehead atoms. The van der Waals surface area contributed by atoms with E-state index in [4.69, 9.17) is 4.74 Å². The predicted molar refractivity (Wildman–Crippen MR) is 53.7 cm³/mol. The molecule has 0 saturated carbocycles. The zero-order chi connectivity index (χ0) is 10.3. The summed E-state index contributed by atoms with van der Waals surface area (Å²) in [4.78, 5) is 13.1. The van der Waals surface area contributed by atoms with Gasteiger partial charge in [0.25, 0.3) is 0 Å². The predicted octanol–water partition coefficient (Wildman–Crippen LogP) is 2.51. The van der Waals surface area contributed by atoms with Crippen LogP contribution >= 0.6 is 0 Å². The van der Waals surface area contributed by atoms with Crippen molar-refractivity contribution >= 4 is 6.09 Å². The van der Waals surface area contributed by atoms with Gasteiger partial charge in [-0.25, -0.2) is 4.79 Å². The van der Waals surface area contributed by atoms with Crippen molar-refractivity contribution in [3.05, 3.63) is 0 Å². The van der Waals surface area contributed by atoms with Crippen LogP contribution in [0.15, 0.2) is 0 Å². The molecule has 0 spiro atoms. The van der Waals surface area contributed by atoms with Crippen molar-refractivity contribution in [1.29, 1.82) is 0 Å². The van der Waals surface area contributed by atoms with Crippen molar-refractivity contribution in [3.8, 4) is 0 Å². The van der Waals surface area contributed by atoms with Gasteiger partial charge >= 0.3 is 6.09 Å². The van der Waals surface area contributed by atoms with Gasteiger partial charge in [0, 0.05) is 13.1 Å². The smallest absolute Gasteiger partial charge is 0.409 e. The van der Waals surface area contributed by atoms with Crippen LogP contribution in [0.3, 0.4) is 0 Å². The molecular weight excluding hydrogens is 166 g/mol. The summed E-state index contributed by atoms with van der Waals surface area (Å²) in [5.74, 6) is 0.546. The second-order valence-electron chi connectivity index (χ2n) is 3.25. The molecule has 0 aliphatic rings. The van der Waals surface area contributed by atoms with Gasteiger partial charge in [0.05, 0.1) is 6.61 Å². The SMILES string of the molecule is CCOC(=O)N(CC)CC(C)CC. The minimum Gasteiger partial charge on any atom is -0.450 e. The molecule has 3 heteroatoms. The lowest BCUT2D eigenvalue weighted by molar-refractivity contribution is 0.103. The molecule has 13 heavy (non-hydrogen) atoms. The molecule has 0 aromatic carbocycles. The van der Waals surface area contributed by atoms with Crippen molar-refractivity contribution in [2.45, 2.75) is 34.1 Å². The van der Waals surface area contributed by atoms with Crippen molar-refractivity contribution < 1.29 is 9.53 Å². The van der Waals surface area contributed by atoms with E-state index in [9.17, 15) is 4.79 Å². The number of hydrogen-bond acceptors (Lipinski definition) is 2. The van der Waals surface area contributed by atoms with Gasteiger partial charge < -0.3 is 9.64 Å². The molecule has 0 saturated heterocycles. The van der Waals surface area contributed by atoms with E-state index in [1.54, 1.807) is 4.90 Å². The Kier molecular flexibility index (Phi) is 6.37. The highest BCUT2D eigenvalue weighted by atomic mass is 16.6. The van der Waals surface area contributed by atoms with E-state index >= 15 is 0 Å². The van der Waals surface area contributed by atoms with Gasteiger partial charge in [-0.3, -0.25) is 0 Å². The fraction of sp³-hybridized carbons (Fsp3) is 0.900. The first kappa shape index (κ1) is 12.3. The zero-order valence-corrected chi connectivity index (χ0v) is 9.17. The van der Waals surface area contributed by atoms with Crippen molar-refractivity contribution in [1.82, 2.24) is 4.90 Å². The van der Waals surface area contributed by atoms with E-state index in [0.717, 1.165) is 19.5 Å². The maximum absolute atomic E-state index is 11.3. The summed E-state index contributed by atoms with van der Waals surface area (Å²) in [6.45, 7) is 10.0. The van der Waals surface area contributed by atoms with Crippen LogP contribution in [-0.4, -0.2) is 30.7 Å².